The van der Waals surface area contributed by atoms with Crippen LogP contribution in [0.15, 0.2) is 17.8 Å². The largest absolute Gasteiger partial charge is 0.468 e. The standard InChI is InChI=1S/C13H20N4O2S.ClH/c1-3-8-17-12(10-4-6-14-7-5-10)15-16-13(17)20-9-11(18)19-2;/h3,10,14H,1,4-9H2,2H3;1H. The minimum absolute atomic E-state index is 0. The van der Waals surface area contributed by atoms with Crippen molar-refractivity contribution in [2.24, 2.45) is 0 Å². The van der Waals surface area contributed by atoms with Crippen LogP contribution in [0.25, 0.3) is 0 Å². The van der Waals surface area contributed by atoms with E-state index < -0.39 is 0 Å². The van der Waals surface area contributed by atoms with Crippen LogP contribution in [0, 0.1) is 0 Å². The number of carbonyl (C=O) groups is 1. The SMILES string of the molecule is C=CCn1c(SCC(=O)OC)nnc1C1CCNCC1.Cl. The van der Waals surface area contributed by atoms with E-state index in [1.807, 2.05) is 6.08 Å². The van der Waals surface area contributed by atoms with E-state index in [0.29, 0.717) is 12.5 Å². The van der Waals surface area contributed by atoms with Gasteiger partial charge in [-0.3, -0.25) is 4.79 Å². The molecule has 2 rings (SSSR count). The number of hydrogen-bond donors (Lipinski definition) is 1. The normalized spacial score (nSPS) is 15.3. The van der Waals surface area contributed by atoms with E-state index in [-0.39, 0.29) is 24.1 Å². The van der Waals surface area contributed by atoms with Gasteiger partial charge in [-0.25, -0.2) is 0 Å². The van der Waals surface area contributed by atoms with Crippen molar-refractivity contribution in [3.05, 3.63) is 18.5 Å². The molecule has 8 heteroatoms. The van der Waals surface area contributed by atoms with Crippen LogP contribution in [0.2, 0.25) is 0 Å². The molecular formula is C13H21ClN4O2S. The van der Waals surface area contributed by atoms with Crippen LogP contribution in [0.3, 0.4) is 0 Å². The van der Waals surface area contributed by atoms with Crippen molar-refractivity contribution < 1.29 is 9.53 Å². The topological polar surface area (TPSA) is 69.0 Å². The van der Waals surface area contributed by atoms with Crippen LogP contribution in [-0.2, 0) is 16.1 Å². The molecule has 0 unspecified atom stereocenters. The second-order valence-corrected chi connectivity index (χ2v) is 5.57. The first kappa shape index (κ1) is 18.0. The van der Waals surface area contributed by atoms with Crippen molar-refractivity contribution >= 4 is 30.1 Å². The average molecular weight is 333 g/mol. The molecule has 1 fully saturated rings. The maximum Gasteiger partial charge on any atom is 0.316 e. The van der Waals surface area contributed by atoms with Gasteiger partial charge in [0.15, 0.2) is 5.16 Å². The zero-order valence-electron chi connectivity index (χ0n) is 12.1. The molecule has 0 bridgehead atoms. The number of thioether (sulfide) groups is 1. The van der Waals surface area contributed by atoms with Gasteiger partial charge in [-0.05, 0) is 25.9 Å². The van der Waals surface area contributed by atoms with Gasteiger partial charge in [-0.15, -0.1) is 29.2 Å². The Kier molecular flexibility index (Phi) is 7.77. The van der Waals surface area contributed by atoms with E-state index in [4.69, 9.17) is 0 Å². The molecule has 21 heavy (non-hydrogen) atoms. The zero-order chi connectivity index (χ0) is 14.4. The predicted molar refractivity (Wildman–Crippen MR) is 85.1 cm³/mol. The highest BCUT2D eigenvalue weighted by atomic mass is 35.5. The number of allylic oxidation sites excluding steroid dienone is 1. The number of aromatic nitrogens is 3. The Morgan fingerprint density at radius 1 is 1.52 bits per heavy atom. The van der Waals surface area contributed by atoms with E-state index in [2.05, 4.69) is 31.4 Å². The van der Waals surface area contributed by atoms with Crippen molar-refractivity contribution in [1.29, 1.82) is 0 Å². The molecule has 0 radical (unpaired) electrons. The van der Waals surface area contributed by atoms with Gasteiger partial charge in [-0.2, -0.15) is 0 Å². The molecule has 0 amide bonds. The number of rotatable bonds is 6. The summed E-state index contributed by atoms with van der Waals surface area (Å²) in [6.45, 7) is 6.47. The molecule has 6 nitrogen and oxygen atoms in total. The van der Waals surface area contributed by atoms with Crippen LogP contribution in [0.4, 0.5) is 0 Å². The second kappa shape index (κ2) is 9.07. The number of esters is 1. The summed E-state index contributed by atoms with van der Waals surface area (Å²) in [7, 11) is 1.39. The van der Waals surface area contributed by atoms with Gasteiger partial charge in [0.25, 0.3) is 0 Å². The van der Waals surface area contributed by atoms with E-state index >= 15 is 0 Å². The molecule has 0 aromatic carbocycles. The Balaban J connectivity index is 0.00000220. The van der Waals surface area contributed by atoms with Crippen LogP contribution in [-0.4, -0.2) is 46.7 Å². The highest BCUT2D eigenvalue weighted by Crippen LogP contribution is 2.27. The first-order valence-corrected chi connectivity index (χ1v) is 7.69. The van der Waals surface area contributed by atoms with Gasteiger partial charge >= 0.3 is 5.97 Å². The Bertz CT molecular complexity index is 475. The number of halogens is 1. The molecule has 2 heterocycles. The number of hydrogen-bond acceptors (Lipinski definition) is 6. The Morgan fingerprint density at radius 2 is 2.24 bits per heavy atom. The van der Waals surface area contributed by atoms with Gasteiger partial charge in [0.2, 0.25) is 0 Å². The quantitative estimate of drug-likeness (QED) is 0.485. The smallest absolute Gasteiger partial charge is 0.316 e. The first-order chi connectivity index (χ1) is 9.76. The second-order valence-electron chi connectivity index (χ2n) is 4.63. The van der Waals surface area contributed by atoms with Crippen molar-refractivity contribution in [3.8, 4) is 0 Å². The molecule has 0 atom stereocenters. The summed E-state index contributed by atoms with van der Waals surface area (Å²) in [6, 6.07) is 0. The third-order valence-corrected chi connectivity index (χ3v) is 4.25. The van der Waals surface area contributed by atoms with E-state index in [0.717, 1.165) is 36.9 Å². The van der Waals surface area contributed by atoms with Crippen LogP contribution >= 0.6 is 24.2 Å². The maximum absolute atomic E-state index is 11.2. The fourth-order valence-electron chi connectivity index (χ4n) is 2.27. The number of nitrogens with zero attached hydrogens (tertiary/aromatic N) is 3. The first-order valence-electron chi connectivity index (χ1n) is 6.70. The molecule has 0 saturated carbocycles. The molecule has 1 aromatic rings. The van der Waals surface area contributed by atoms with Crippen molar-refractivity contribution in [3.63, 3.8) is 0 Å². The molecule has 1 aromatic heterocycles. The van der Waals surface area contributed by atoms with Gasteiger partial charge < -0.3 is 14.6 Å². The predicted octanol–water partition coefficient (Wildman–Crippen LogP) is 1.62. The Morgan fingerprint density at radius 3 is 2.86 bits per heavy atom. The zero-order valence-corrected chi connectivity index (χ0v) is 13.7. The Labute approximate surface area is 135 Å². The minimum atomic E-state index is -0.258. The van der Waals surface area contributed by atoms with Crippen molar-refractivity contribution in [2.45, 2.75) is 30.5 Å². The molecule has 1 aliphatic rings. The average Bonchev–Trinajstić information content (AvgIpc) is 2.89. The van der Waals surface area contributed by atoms with E-state index in [1.54, 1.807) is 0 Å². The number of piperidine rings is 1. The van der Waals surface area contributed by atoms with Gasteiger partial charge in [0, 0.05) is 12.5 Å². The van der Waals surface area contributed by atoms with Gasteiger partial charge in [0.1, 0.15) is 5.82 Å². The monoisotopic (exact) mass is 332 g/mol. The highest BCUT2D eigenvalue weighted by Gasteiger charge is 2.23. The summed E-state index contributed by atoms with van der Waals surface area (Å²) in [4.78, 5) is 11.2. The highest BCUT2D eigenvalue weighted by molar-refractivity contribution is 7.99. The molecular weight excluding hydrogens is 312 g/mol. The lowest BCUT2D eigenvalue weighted by Crippen LogP contribution is -2.28. The molecule has 0 spiro atoms. The lowest BCUT2D eigenvalue weighted by atomic mass is 9.97. The van der Waals surface area contributed by atoms with Gasteiger partial charge in [0.05, 0.1) is 12.9 Å². The fourth-order valence-corrected chi connectivity index (χ4v) is 3.06. The lowest BCUT2D eigenvalue weighted by Gasteiger charge is -2.22. The number of carbonyl (C=O) groups excluding carboxylic acids is 1. The molecule has 1 N–H and O–H groups in total. The van der Waals surface area contributed by atoms with Crippen LogP contribution < -0.4 is 5.32 Å². The van der Waals surface area contributed by atoms with Crippen LogP contribution in [0.1, 0.15) is 24.6 Å². The summed E-state index contributed by atoms with van der Waals surface area (Å²) in [6.07, 6.45) is 3.96. The Hall–Kier alpha value is -1.05. The summed E-state index contributed by atoms with van der Waals surface area (Å²) >= 11 is 1.36. The van der Waals surface area contributed by atoms with Crippen molar-refractivity contribution in [2.75, 3.05) is 26.0 Å². The number of nitrogens with one attached hydrogen (secondary N) is 1. The third-order valence-electron chi connectivity index (χ3n) is 3.31. The molecule has 118 valence electrons. The maximum atomic E-state index is 11.2. The minimum Gasteiger partial charge on any atom is -0.468 e. The number of ether oxygens (including phenoxy) is 1. The summed E-state index contributed by atoms with van der Waals surface area (Å²) < 4.78 is 6.70. The van der Waals surface area contributed by atoms with Crippen LogP contribution in [0.5, 0.6) is 0 Å². The summed E-state index contributed by atoms with van der Waals surface area (Å²) in [5.74, 6) is 1.42. The molecule has 0 aliphatic carbocycles. The molecule has 1 aliphatic heterocycles. The van der Waals surface area contributed by atoms with E-state index in [1.165, 1.54) is 18.9 Å². The third kappa shape index (κ3) is 4.72. The lowest BCUT2D eigenvalue weighted by molar-refractivity contribution is -0.137. The number of methoxy groups -OCH3 is 1. The van der Waals surface area contributed by atoms with E-state index in [9.17, 15) is 4.79 Å². The fraction of sp³-hybridized carbons (Fsp3) is 0.615. The van der Waals surface area contributed by atoms with Gasteiger partial charge in [-0.1, -0.05) is 17.8 Å². The summed E-state index contributed by atoms with van der Waals surface area (Å²) in [5, 5.41) is 12.6. The van der Waals surface area contributed by atoms with Crippen molar-refractivity contribution in [1.82, 2.24) is 20.1 Å². The molecule has 1 saturated heterocycles. The summed E-state index contributed by atoms with van der Waals surface area (Å²) in [5.41, 5.74) is 0.